The van der Waals surface area contributed by atoms with Crippen LogP contribution in [0, 0.1) is 23.6 Å². The molecule has 0 aliphatic heterocycles. The third-order valence-corrected chi connectivity index (χ3v) is 8.31. The number of hydrogen-bond acceptors (Lipinski definition) is 7. The van der Waals surface area contributed by atoms with E-state index in [2.05, 4.69) is 45.3 Å². The lowest BCUT2D eigenvalue weighted by Gasteiger charge is -2.32. The number of ether oxygens (including phenoxy) is 1. The molecule has 0 bridgehead atoms. The predicted octanol–water partition coefficient (Wildman–Crippen LogP) is 6.27. The van der Waals surface area contributed by atoms with E-state index in [9.17, 15) is 9.18 Å². The molecule has 0 amide bonds. The van der Waals surface area contributed by atoms with Crippen LogP contribution in [0.25, 0.3) is 28.3 Å². The van der Waals surface area contributed by atoms with E-state index < -0.39 is 11.8 Å². The number of esters is 1. The Bertz CT molecular complexity index is 1360. The summed E-state index contributed by atoms with van der Waals surface area (Å²) in [6, 6.07) is 1.87. The van der Waals surface area contributed by atoms with Crippen LogP contribution >= 0.6 is 0 Å². The van der Waals surface area contributed by atoms with Crippen molar-refractivity contribution in [2.24, 2.45) is 17.8 Å². The number of fused-ring (bicyclic) bond motifs is 1. The second kappa shape index (κ2) is 10.8. The smallest absolute Gasteiger partial charge is 0.376 e. The largest absolute Gasteiger partial charge is 0.463 e. The molecular weight excluding hydrogens is 483 g/mol. The molecule has 2 aliphatic carbocycles. The second-order valence-electron chi connectivity index (χ2n) is 11.2. The van der Waals surface area contributed by atoms with E-state index in [-0.39, 0.29) is 11.9 Å². The number of methoxy groups -OCH3 is 1. The summed E-state index contributed by atoms with van der Waals surface area (Å²) in [5, 5.41) is 3.58. The van der Waals surface area contributed by atoms with Crippen molar-refractivity contribution >= 4 is 28.5 Å². The van der Waals surface area contributed by atoms with E-state index in [0.29, 0.717) is 52.5 Å². The lowest BCUT2D eigenvalue weighted by Crippen LogP contribution is -2.31. The van der Waals surface area contributed by atoms with Crippen LogP contribution in [0.4, 0.5) is 10.2 Å². The molecular formula is C29H37FN6O2. The van der Waals surface area contributed by atoms with Crippen molar-refractivity contribution in [3.63, 3.8) is 0 Å². The van der Waals surface area contributed by atoms with Gasteiger partial charge in [-0.3, -0.25) is 0 Å². The predicted molar refractivity (Wildman–Crippen MR) is 146 cm³/mol. The summed E-state index contributed by atoms with van der Waals surface area (Å²) in [6.45, 7) is 10.9. The van der Waals surface area contributed by atoms with Crippen LogP contribution in [-0.4, -0.2) is 43.6 Å². The van der Waals surface area contributed by atoms with Crippen molar-refractivity contribution in [1.29, 1.82) is 0 Å². The molecule has 38 heavy (non-hydrogen) atoms. The zero-order valence-corrected chi connectivity index (χ0v) is 22.8. The Hall–Kier alpha value is -3.36. The molecule has 2 fully saturated rings. The fraction of sp³-hybridized carbons (Fsp3) is 0.552. The van der Waals surface area contributed by atoms with Crippen LogP contribution in [0.5, 0.6) is 0 Å². The molecule has 3 heterocycles. The number of anilines is 1. The highest BCUT2D eigenvalue weighted by molar-refractivity contribution is 5.92. The zero-order valence-electron chi connectivity index (χ0n) is 22.8. The third kappa shape index (κ3) is 5.15. The first kappa shape index (κ1) is 26.3. The molecule has 0 radical (unpaired) electrons. The summed E-state index contributed by atoms with van der Waals surface area (Å²) in [6.07, 6.45) is 9.40. The maximum absolute atomic E-state index is 14.5. The van der Waals surface area contributed by atoms with Gasteiger partial charge in [-0.2, -0.15) is 0 Å². The van der Waals surface area contributed by atoms with Gasteiger partial charge in [-0.1, -0.05) is 32.8 Å². The van der Waals surface area contributed by atoms with Crippen LogP contribution in [0.3, 0.4) is 0 Å². The molecule has 1 N–H and O–H groups in total. The van der Waals surface area contributed by atoms with Crippen molar-refractivity contribution in [2.75, 3.05) is 12.4 Å². The molecule has 5 rings (SSSR count). The van der Waals surface area contributed by atoms with Crippen LogP contribution in [0.15, 0.2) is 18.8 Å². The summed E-state index contributed by atoms with van der Waals surface area (Å²) in [5.74, 6) is 1.81. The monoisotopic (exact) mass is 520 g/mol. The minimum atomic E-state index is -0.618. The van der Waals surface area contributed by atoms with Crippen molar-refractivity contribution in [2.45, 2.75) is 78.3 Å². The Balaban J connectivity index is 1.68. The van der Waals surface area contributed by atoms with E-state index in [4.69, 9.17) is 9.72 Å². The fourth-order valence-corrected chi connectivity index (χ4v) is 5.62. The molecule has 2 aliphatic rings. The Morgan fingerprint density at radius 2 is 1.95 bits per heavy atom. The number of carbonyl (C=O) groups excluding carboxylic acids is 1. The summed E-state index contributed by atoms with van der Waals surface area (Å²) in [5.41, 5.74) is 2.67. The van der Waals surface area contributed by atoms with Gasteiger partial charge in [0, 0.05) is 18.2 Å². The third-order valence-electron chi connectivity index (χ3n) is 8.31. The number of nitrogens with zero attached hydrogens (tertiary/aromatic N) is 5. The molecule has 3 aromatic heterocycles. The number of rotatable bonds is 8. The molecule has 3 aromatic rings. The van der Waals surface area contributed by atoms with Gasteiger partial charge in [0.25, 0.3) is 0 Å². The van der Waals surface area contributed by atoms with Crippen molar-refractivity contribution < 1.29 is 13.9 Å². The number of imidazole rings is 1. The van der Waals surface area contributed by atoms with Crippen molar-refractivity contribution in [3.8, 4) is 11.5 Å². The highest BCUT2D eigenvalue weighted by atomic mass is 19.1. The van der Waals surface area contributed by atoms with E-state index in [1.54, 1.807) is 13.0 Å². The molecule has 0 spiro atoms. The van der Waals surface area contributed by atoms with Gasteiger partial charge in [-0.25, -0.2) is 29.1 Å². The average molecular weight is 521 g/mol. The SMILES string of the molecule is C=C(C)c1cc(-c2nc3nc(C(=O)OC)nc(N[C@H](C)C4CCC4)c3n2C[C@H]2CC[C@H](C)CC2)ncc1F. The van der Waals surface area contributed by atoms with Gasteiger partial charge in [-0.05, 0) is 68.9 Å². The van der Waals surface area contributed by atoms with E-state index in [1.165, 1.54) is 45.4 Å². The number of hydrogen-bond donors (Lipinski definition) is 1. The number of nitrogens with one attached hydrogen (secondary N) is 1. The van der Waals surface area contributed by atoms with Gasteiger partial charge >= 0.3 is 5.97 Å². The first-order valence-corrected chi connectivity index (χ1v) is 13.7. The number of pyridine rings is 1. The van der Waals surface area contributed by atoms with Gasteiger partial charge in [-0.15, -0.1) is 0 Å². The summed E-state index contributed by atoms with van der Waals surface area (Å²) >= 11 is 0. The zero-order chi connectivity index (χ0) is 27.0. The summed E-state index contributed by atoms with van der Waals surface area (Å²) in [7, 11) is 1.32. The van der Waals surface area contributed by atoms with Crippen LogP contribution in [0.1, 0.15) is 81.9 Å². The number of halogens is 1. The fourth-order valence-electron chi connectivity index (χ4n) is 5.62. The molecule has 0 unspecified atom stereocenters. The van der Waals surface area contributed by atoms with Crippen LogP contribution in [-0.2, 0) is 11.3 Å². The van der Waals surface area contributed by atoms with E-state index in [1.807, 2.05) is 0 Å². The Kier molecular flexibility index (Phi) is 7.45. The number of allylic oxidation sites excluding steroid dienone is 1. The summed E-state index contributed by atoms with van der Waals surface area (Å²) < 4.78 is 21.6. The van der Waals surface area contributed by atoms with Crippen LogP contribution in [0.2, 0.25) is 0 Å². The van der Waals surface area contributed by atoms with Gasteiger partial charge < -0.3 is 14.6 Å². The molecule has 0 aromatic carbocycles. The minimum Gasteiger partial charge on any atom is -0.463 e. The van der Waals surface area contributed by atoms with E-state index in [0.717, 1.165) is 24.3 Å². The van der Waals surface area contributed by atoms with Crippen molar-refractivity contribution in [3.05, 3.63) is 36.0 Å². The van der Waals surface area contributed by atoms with Gasteiger partial charge in [0.2, 0.25) is 5.82 Å². The molecule has 9 heteroatoms. The first-order valence-electron chi connectivity index (χ1n) is 13.7. The van der Waals surface area contributed by atoms with Crippen molar-refractivity contribution in [1.82, 2.24) is 24.5 Å². The Morgan fingerprint density at radius 3 is 2.58 bits per heavy atom. The standard InChI is InChI=1S/C29H37FN6O2/c1-16(2)21-13-23(31-14-22(21)30)28-35-26-24(36(28)15-19-11-9-17(3)10-12-19)25(32-18(4)20-7-6-8-20)33-27(34-26)29(37)38-5/h13-14,17-20H,1,6-12,15H2,2-5H3,(H,32,33,34)/t17-,18-,19-/m1/s1. The molecule has 2 saturated carbocycles. The maximum atomic E-state index is 14.5. The number of aromatic nitrogens is 5. The minimum absolute atomic E-state index is 0.0410. The molecule has 1 atom stereocenters. The summed E-state index contributed by atoms with van der Waals surface area (Å²) in [4.78, 5) is 30.9. The Labute approximate surface area is 223 Å². The van der Waals surface area contributed by atoms with E-state index >= 15 is 0 Å². The van der Waals surface area contributed by atoms with Gasteiger partial charge in [0.15, 0.2) is 17.3 Å². The highest BCUT2D eigenvalue weighted by Crippen LogP contribution is 2.36. The Morgan fingerprint density at radius 1 is 1.21 bits per heavy atom. The molecule has 0 saturated heterocycles. The quantitative estimate of drug-likeness (QED) is 0.350. The topological polar surface area (TPSA) is 94.8 Å². The average Bonchev–Trinajstić information content (AvgIpc) is 3.22. The molecule has 8 nitrogen and oxygen atoms in total. The normalized spacial score (nSPS) is 20.7. The highest BCUT2D eigenvalue weighted by Gasteiger charge is 2.29. The molecule has 202 valence electrons. The van der Waals surface area contributed by atoms with Gasteiger partial charge in [0.1, 0.15) is 17.0 Å². The van der Waals surface area contributed by atoms with Crippen LogP contribution < -0.4 is 5.32 Å². The lowest BCUT2D eigenvalue weighted by atomic mass is 9.80. The number of carbonyl (C=O) groups is 1. The lowest BCUT2D eigenvalue weighted by molar-refractivity contribution is 0.0587. The first-order chi connectivity index (χ1) is 18.2. The maximum Gasteiger partial charge on any atom is 0.376 e. The second-order valence-corrected chi connectivity index (χ2v) is 11.2. The van der Waals surface area contributed by atoms with Gasteiger partial charge in [0.05, 0.1) is 13.3 Å².